The Kier molecular flexibility index (Phi) is 5.94. The van der Waals surface area contributed by atoms with Crippen molar-refractivity contribution in [2.24, 2.45) is 5.92 Å². The number of hydrogen-bond acceptors (Lipinski definition) is 3. The summed E-state index contributed by atoms with van der Waals surface area (Å²) in [6, 6.07) is 0. The lowest BCUT2D eigenvalue weighted by atomic mass is 9.94. The van der Waals surface area contributed by atoms with Gasteiger partial charge in [-0.25, -0.2) is 0 Å². The molecule has 0 radical (unpaired) electrons. The van der Waals surface area contributed by atoms with Crippen LogP contribution >= 0.6 is 0 Å². The number of carbonyl (C=O) groups is 1. The topological polar surface area (TPSA) is 50.4 Å². The van der Waals surface area contributed by atoms with Gasteiger partial charge in [-0.2, -0.15) is 0 Å². The van der Waals surface area contributed by atoms with Crippen LogP contribution in [0.4, 0.5) is 0 Å². The minimum atomic E-state index is 0.192. The quantitative estimate of drug-likeness (QED) is 0.705. The predicted octanol–water partition coefficient (Wildman–Crippen LogP) is 1.45. The van der Waals surface area contributed by atoms with E-state index in [1.807, 2.05) is 0 Å². The SMILES string of the molecule is O=C(CC1CCNCC1)NCCOC1CCCC1. The van der Waals surface area contributed by atoms with Crippen LogP contribution in [-0.4, -0.2) is 38.3 Å². The van der Waals surface area contributed by atoms with E-state index in [1.165, 1.54) is 25.7 Å². The molecule has 0 atom stereocenters. The average Bonchev–Trinajstić information content (AvgIpc) is 2.89. The smallest absolute Gasteiger partial charge is 0.220 e. The van der Waals surface area contributed by atoms with E-state index in [1.54, 1.807) is 0 Å². The van der Waals surface area contributed by atoms with Crippen LogP contribution < -0.4 is 10.6 Å². The van der Waals surface area contributed by atoms with Crippen molar-refractivity contribution in [3.8, 4) is 0 Å². The van der Waals surface area contributed by atoms with Crippen molar-refractivity contribution in [2.45, 2.75) is 51.0 Å². The summed E-state index contributed by atoms with van der Waals surface area (Å²) < 4.78 is 5.72. The number of piperidine rings is 1. The number of nitrogens with one attached hydrogen (secondary N) is 2. The van der Waals surface area contributed by atoms with Crippen molar-refractivity contribution >= 4 is 5.91 Å². The van der Waals surface area contributed by atoms with E-state index in [4.69, 9.17) is 4.74 Å². The molecule has 0 spiro atoms. The fourth-order valence-corrected chi connectivity index (χ4v) is 2.89. The maximum absolute atomic E-state index is 11.7. The molecule has 4 nitrogen and oxygen atoms in total. The molecule has 1 heterocycles. The normalized spacial score (nSPS) is 22.2. The van der Waals surface area contributed by atoms with Crippen LogP contribution in [0.1, 0.15) is 44.9 Å². The van der Waals surface area contributed by atoms with Crippen LogP contribution in [0.5, 0.6) is 0 Å². The van der Waals surface area contributed by atoms with Gasteiger partial charge in [0.25, 0.3) is 0 Å². The number of amides is 1. The van der Waals surface area contributed by atoms with Crippen LogP contribution in [0.3, 0.4) is 0 Å². The maximum atomic E-state index is 11.7. The van der Waals surface area contributed by atoms with Gasteiger partial charge in [-0.05, 0) is 44.7 Å². The Bertz CT molecular complexity index is 246. The second kappa shape index (κ2) is 7.74. The molecule has 0 aromatic heterocycles. The molecule has 1 saturated heterocycles. The zero-order valence-electron chi connectivity index (χ0n) is 11.2. The Balaban J connectivity index is 1.48. The lowest BCUT2D eigenvalue weighted by molar-refractivity contribution is -0.122. The van der Waals surface area contributed by atoms with E-state index >= 15 is 0 Å². The lowest BCUT2D eigenvalue weighted by Gasteiger charge is -2.22. The van der Waals surface area contributed by atoms with Crippen molar-refractivity contribution < 1.29 is 9.53 Å². The van der Waals surface area contributed by atoms with Gasteiger partial charge >= 0.3 is 0 Å². The summed E-state index contributed by atoms with van der Waals surface area (Å²) in [5, 5.41) is 6.29. The summed E-state index contributed by atoms with van der Waals surface area (Å²) in [4.78, 5) is 11.7. The molecular formula is C14H26N2O2. The summed E-state index contributed by atoms with van der Waals surface area (Å²) in [5.74, 6) is 0.763. The first-order valence-electron chi connectivity index (χ1n) is 7.43. The van der Waals surface area contributed by atoms with Gasteiger partial charge < -0.3 is 15.4 Å². The number of carbonyl (C=O) groups excluding carboxylic acids is 1. The Morgan fingerprint density at radius 3 is 2.61 bits per heavy atom. The van der Waals surface area contributed by atoms with Gasteiger partial charge in [0.2, 0.25) is 5.91 Å². The summed E-state index contributed by atoms with van der Waals surface area (Å²) in [6.07, 6.45) is 8.39. The molecule has 1 aliphatic heterocycles. The van der Waals surface area contributed by atoms with E-state index in [0.29, 0.717) is 31.6 Å². The number of rotatable bonds is 6. The molecule has 0 bridgehead atoms. The summed E-state index contributed by atoms with van der Waals surface area (Å²) in [5.41, 5.74) is 0. The Morgan fingerprint density at radius 2 is 1.89 bits per heavy atom. The van der Waals surface area contributed by atoms with Crippen LogP contribution in [0.25, 0.3) is 0 Å². The van der Waals surface area contributed by atoms with Crippen LogP contribution in [0, 0.1) is 5.92 Å². The number of ether oxygens (including phenoxy) is 1. The molecule has 1 saturated carbocycles. The molecule has 2 aliphatic rings. The maximum Gasteiger partial charge on any atom is 0.220 e. The van der Waals surface area contributed by atoms with E-state index in [2.05, 4.69) is 10.6 Å². The Hall–Kier alpha value is -0.610. The predicted molar refractivity (Wildman–Crippen MR) is 71.4 cm³/mol. The van der Waals surface area contributed by atoms with Crippen LogP contribution in [0.15, 0.2) is 0 Å². The van der Waals surface area contributed by atoms with Gasteiger partial charge in [0, 0.05) is 13.0 Å². The van der Waals surface area contributed by atoms with Gasteiger partial charge in [0.1, 0.15) is 0 Å². The van der Waals surface area contributed by atoms with Crippen molar-refractivity contribution in [3.05, 3.63) is 0 Å². The van der Waals surface area contributed by atoms with E-state index < -0.39 is 0 Å². The molecule has 0 aromatic carbocycles. The first-order chi connectivity index (χ1) is 8.84. The standard InChI is InChI=1S/C14H26N2O2/c17-14(11-12-5-7-15-8-6-12)16-9-10-18-13-3-1-2-4-13/h12-13,15H,1-11H2,(H,16,17). The van der Waals surface area contributed by atoms with Crippen molar-refractivity contribution in [1.82, 2.24) is 10.6 Å². The fraction of sp³-hybridized carbons (Fsp3) is 0.929. The zero-order valence-corrected chi connectivity index (χ0v) is 11.2. The Morgan fingerprint density at radius 1 is 1.17 bits per heavy atom. The van der Waals surface area contributed by atoms with Gasteiger partial charge in [0.05, 0.1) is 12.7 Å². The lowest BCUT2D eigenvalue weighted by Crippen LogP contribution is -2.33. The van der Waals surface area contributed by atoms with Crippen molar-refractivity contribution in [1.29, 1.82) is 0 Å². The van der Waals surface area contributed by atoms with Gasteiger partial charge in [0.15, 0.2) is 0 Å². The van der Waals surface area contributed by atoms with E-state index in [0.717, 1.165) is 25.9 Å². The van der Waals surface area contributed by atoms with Gasteiger partial charge in [-0.1, -0.05) is 12.8 Å². The number of hydrogen-bond donors (Lipinski definition) is 2. The third-order valence-corrected chi connectivity index (χ3v) is 4.01. The molecule has 2 rings (SSSR count). The third kappa shape index (κ3) is 4.94. The first kappa shape index (κ1) is 13.8. The fourth-order valence-electron chi connectivity index (χ4n) is 2.89. The highest BCUT2D eigenvalue weighted by atomic mass is 16.5. The minimum Gasteiger partial charge on any atom is -0.376 e. The molecule has 18 heavy (non-hydrogen) atoms. The average molecular weight is 254 g/mol. The largest absolute Gasteiger partial charge is 0.376 e. The third-order valence-electron chi connectivity index (χ3n) is 4.01. The van der Waals surface area contributed by atoms with Crippen molar-refractivity contribution in [2.75, 3.05) is 26.2 Å². The molecule has 2 fully saturated rings. The summed E-state index contributed by atoms with van der Waals surface area (Å²) >= 11 is 0. The highest BCUT2D eigenvalue weighted by molar-refractivity contribution is 5.76. The van der Waals surface area contributed by atoms with Crippen LogP contribution in [0.2, 0.25) is 0 Å². The monoisotopic (exact) mass is 254 g/mol. The Labute approximate surface area is 110 Å². The summed E-state index contributed by atoms with van der Waals surface area (Å²) in [7, 11) is 0. The second-order valence-corrected chi connectivity index (χ2v) is 5.52. The highest BCUT2D eigenvalue weighted by Gasteiger charge is 2.17. The van der Waals surface area contributed by atoms with Crippen molar-refractivity contribution in [3.63, 3.8) is 0 Å². The molecule has 1 aliphatic carbocycles. The first-order valence-corrected chi connectivity index (χ1v) is 7.43. The highest BCUT2D eigenvalue weighted by Crippen LogP contribution is 2.20. The molecule has 1 amide bonds. The molecule has 0 unspecified atom stereocenters. The molecule has 2 N–H and O–H groups in total. The minimum absolute atomic E-state index is 0.192. The van der Waals surface area contributed by atoms with Gasteiger partial charge in [-0.3, -0.25) is 4.79 Å². The van der Waals surface area contributed by atoms with Crippen LogP contribution in [-0.2, 0) is 9.53 Å². The van der Waals surface area contributed by atoms with E-state index in [9.17, 15) is 4.79 Å². The molecule has 4 heteroatoms. The molecular weight excluding hydrogens is 228 g/mol. The summed E-state index contributed by atoms with van der Waals surface area (Å²) in [6.45, 7) is 3.45. The van der Waals surface area contributed by atoms with Gasteiger partial charge in [-0.15, -0.1) is 0 Å². The molecule has 0 aromatic rings. The second-order valence-electron chi connectivity index (χ2n) is 5.52. The van der Waals surface area contributed by atoms with E-state index in [-0.39, 0.29) is 5.91 Å². The zero-order chi connectivity index (χ0) is 12.6. The molecule has 104 valence electrons.